The third-order valence-corrected chi connectivity index (χ3v) is 5.98. The third kappa shape index (κ3) is 3.87. The van der Waals surface area contributed by atoms with Crippen LogP contribution in [0.3, 0.4) is 0 Å². The second kappa shape index (κ2) is 7.17. The van der Waals surface area contributed by atoms with Gasteiger partial charge in [-0.2, -0.15) is 4.31 Å². The van der Waals surface area contributed by atoms with Crippen molar-refractivity contribution >= 4 is 33.2 Å². The monoisotopic (exact) mass is 384 g/mol. The van der Waals surface area contributed by atoms with Gasteiger partial charge in [0, 0.05) is 23.8 Å². The molecule has 0 atom stereocenters. The average molecular weight is 385 g/mol. The molecule has 9 heteroatoms. The van der Waals surface area contributed by atoms with E-state index in [-0.39, 0.29) is 23.9 Å². The normalized spacial score (nSPS) is 15.9. The van der Waals surface area contributed by atoms with E-state index < -0.39 is 15.9 Å². The van der Waals surface area contributed by atoms with E-state index in [1.54, 1.807) is 18.2 Å². The minimum absolute atomic E-state index is 0.0940. The zero-order chi connectivity index (χ0) is 18.0. The van der Waals surface area contributed by atoms with Gasteiger partial charge in [-0.05, 0) is 36.8 Å². The molecule has 0 unspecified atom stereocenters. The number of anilines is 1. The quantitative estimate of drug-likeness (QED) is 0.874. The summed E-state index contributed by atoms with van der Waals surface area (Å²) in [7, 11) is -3.77. The van der Waals surface area contributed by atoms with Gasteiger partial charge in [0.05, 0.1) is 13.2 Å². The number of benzene rings is 1. The number of sulfonamides is 1. The lowest BCUT2D eigenvalue weighted by Crippen LogP contribution is -2.40. The van der Waals surface area contributed by atoms with Gasteiger partial charge in [0.15, 0.2) is 5.76 Å². The first-order chi connectivity index (χ1) is 11.9. The van der Waals surface area contributed by atoms with Gasteiger partial charge in [0.25, 0.3) is 15.9 Å². The fourth-order valence-electron chi connectivity index (χ4n) is 2.36. The highest BCUT2D eigenvalue weighted by Gasteiger charge is 2.30. The van der Waals surface area contributed by atoms with Gasteiger partial charge in [0.2, 0.25) is 5.09 Å². The molecule has 1 aromatic carbocycles. The Labute approximate surface area is 150 Å². The Morgan fingerprint density at radius 2 is 1.92 bits per heavy atom. The molecule has 1 fully saturated rings. The van der Waals surface area contributed by atoms with Gasteiger partial charge in [-0.25, -0.2) is 8.42 Å². The van der Waals surface area contributed by atoms with Gasteiger partial charge < -0.3 is 14.5 Å². The molecule has 0 spiro atoms. The number of ether oxygens (including phenoxy) is 1. The highest BCUT2D eigenvalue weighted by Crippen LogP contribution is 2.23. The summed E-state index contributed by atoms with van der Waals surface area (Å²) in [6.07, 6.45) is 0. The number of hydrogen-bond acceptors (Lipinski definition) is 5. The summed E-state index contributed by atoms with van der Waals surface area (Å²) in [6.45, 7) is 3.03. The second-order valence-corrected chi connectivity index (χ2v) is 7.83. The summed E-state index contributed by atoms with van der Waals surface area (Å²) in [5.41, 5.74) is 1.38. The number of carbonyl (C=O) groups excluding carboxylic acids is 1. The van der Waals surface area contributed by atoms with Crippen LogP contribution in [-0.4, -0.2) is 44.9 Å². The van der Waals surface area contributed by atoms with Gasteiger partial charge >= 0.3 is 0 Å². The van der Waals surface area contributed by atoms with E-state index in [0.717, 1.165) is 5.56 Å². The summed E-state index contributed by atoms with van der Waals surface area (Å²) in [5, 5.41) is 2.88. The topological polar surface area (TPSA) is 88.9 Å². The van der Waals surface area contributed by atoms with Crippen LogP contribution < -0.4 is 5.32 Å². The number of nitrogens with zero attached hydrogens (tertiary/aromatic N) is 1. The zero-order valence-electron chi connectivity index (χ0n) is 13.5. The summed E-state index contributed by atoms with van der Waals surface area (Å²) < 4.78 is 36.7. The maximum Gasteiger partial charge on any atom is 0.291 e. The van der Waals surface area contributed by atoms with Crippen molar-refractivity contribution in [3.8, 4) is 0 Å². The Bertz CT molecular complexity index is 888. The van der Waals surface area contributed by atoms with E-state index in [0.29, 0.717) is 23.9 Å². The largest absolute Gasteiger partial charge is 0.438 e. The van der Waals surface area contributed by atoms with Crippen molar-refractivity contribution in [3.63, 3.8) is 0 Å². The minimum Gasteiger partial charge on any atom is -0.438 e. The smallest absolute Gasteiger partial charge is 0.291 e. The lowest BCUT2D eigenvalue weighted by Gasteiger charge is -2.24. The van der Waals surface area contributed by atoms with E-state index >= 15 is 0 Å². The van der Waals surface area contributed by atoms with Gasteiger partial charge in [-0.3, -0.25) is 4.79 Å². The molecule has 2 aromatic rings. The molecule has 1 aliphatic rings. The van der Waals surface area contributed by atoms with E-state index in [4.69, 9.17) is 20.8 Å². The summed E-state index contributed by atoms with van der Waals surface area (Å²) in [4.78, 5) is 12.3. The fourth-order valence-corrected chi connectivity index (χ4v) is 3.86. The molecule has 0 aliphatic carbocycles. The van der Waals surface area contributed by atoms with E-state index in [9.17, 15) is 13.2 Å². The van der Waals surface area contributed by atoms with E-state index in [1.807, 2.05) is 6.92 Å². The molecular weight excluding hydrogens is 368 g/mol. The van der Waals surface area contributed by atoms with Crippen molar-refractivity contribution in [1.29, 1.82) is 0 Å². The number of halogens is 1. The third-order valence-electron chi connectivity index (χ3n) is 3.80. The molecule has 1 N–H and O–H groups in total. The number of rotatable bonds is 4. The average Bonchev–Trinajstić information content (AvgIpc) is 3.10. The molecule has 1 saturated heterocycles. The molecule has 0 radical (unpaired) electrons. The lowest BCUT2D eigenvalue weighted by molar-refractivity contribution is 0.0723. The fraction of sp³-hybridized carbons (Fsp3) is 0.312. The maximum absolute atomic E-state index is 12.5. The first kappa shape index (κ1) is 17.9. The lowest BCUT2D eigenvalue weighted by atomic mass is 10.2. The van der Waals surface area contributed by atoms with Crippen LogP contribution in [0.25, 0.3) is 0 Å². The van der Waals surface area contributed by atoms with E-state index in [1.165, 1.54) is 16.4 Å². The molecule has 2 heterocycles. The molecular formula is C16H17ClN2O5S. The molecule has 7 nitrogen and oxygen atoms in total. The Morgan fingerprint density at radius 1 is 1.20 bits per heavy atom. The van der Waals surface area contributed by atoms with Crippen LogP contribution >= 0.6 is 11.6 Å². The molecule has 0 saturated carbocycles. The van der Waals surface area contributed by atoms with Crippen molar-refractivity contribution in [2.24, 2.45) is 0 Å². The zero-order valence-corrected chi connectivity index (χ0v) is 15.1. The van der Waals surface area contributed by atoms with Gasteiger partial charge in [-0.15, -0.1) is 0 Å². The summed E-state index contributed by atoms with van der Waals surface area (Å²) in [5.74, 6) is -0.646. The SMILES string of the molecule is Cc1ccc(NC(=O)c2ccc(S(=O)(=O)N3CCOCC3)o2)cc1Cl. The molecule has 134 valence electrons. The van der Waals surface area contributed by atoms with Crippen molar-refractivity contribution < 1.29 is 22.4 Å². The Hall–Kier alpha value is -1.87. The van der Waals surface area contributed by atoms with Crippen LogP contribution in [0.5, 0.6) is 0 Å². The summed E-state index contributed by atoms with van der Waals surface area (Å²) in [6, 6.07) is 7.70. The van der Waals surface area contributed by atoms with Crippen molar-refractivity contribution in [3.05, 3.63) is 46.7 Å². The second-order valence-electron chi connectivity index (χ2n) is 5.55. The number of furan rings is 1. The molecule has 25 heavy (non-hydrogen) atoms. The number of aryl methyl sites for hydroxylation is 1. The van der Waals surface area contributed by atoms with Crippen molar-refractivity contribution in [2.45, 2.75) is 12.0 Å². The highest BCUT2D eigenvalue weighted by molar-refractivity contribution is 7.89. The molecule has 0 bridgehead atoms. The summed E-state index contributed by atoms with van der Waals surface area (Å²) >= 11 is 6.02. The number of morpholine rings is 1. The molecule has 1 aromatic heterocycles. The van der Waals surface area contributed by atoms with Crippen LogP contribution in [0.15, 0.2) is 39.8 Å². The van der Waals surface area contributed by atoms with E-state index in [2.05, 4.69) is 5.32 Å². The van der Waals surface area contributed by atoms with Gasteiger partial charge in [-0.1, -0.05) is 17.7 Å². The Morgan fingerprint density at radius 3 is 2.60 bits per heavy atom. The van der Waals surface area contributed by atoms with Crippen LogP contribution in [-0.2, 0) is 14.8 Å². The molecule has 1 aliphatic heterocycles. The predicted molar refractivity (Wildman–Crippen MR) is 92.4 cm³/mol. The minimum atomic E-state index is -3.77. The predicted octanol–water partition coefficient (Wildman–Crippen LogP) is 2.51. The van der Waals surface area contributed by atoms with Crippen molar-refractivity contribution in [2.75, 3.05) is 31.6 Å². The number of nitrogens with one attached hydrogen (secondary N) is 1. The molecule has 3 rings (SSSR count). The number of carbonyl (C=O) groups is 1. The van der Waals surface area contributed by atoms with Crippen LogP contribution in [0.2, 0.25) is 5.02 Å². The van der Waals surface area contributed by atoms with Crippen LogP contribution in [0, 0.1) is 6.92 Å². The van der Waals surface area contributed by atoms with Gasteiger partial charge in [0.1, 0.15) is 0 Å². The van der Waals surface area contributed by atoms with Crippen LogP contribution in [0.1, 0.15) is 16.1 Å². The Kier molecular flexibility index (Phi) is 5.14. The Balaban J connectivity index is 1.76. The van der Waals surface area contributed by atoms with Crippen molar-refractivity contribution in [1.82, 2.24) is 4.31 Å². The first-order valence-corrected chi connectivity index (χ1v) is 9.45. The van der Waals surface area contributed by atoms with Crippen LogP contribution in [0.4, 0.5) is 5.69 Å². The molecule has 1 amide bonds. The standard InChI is InChI=1S/C16H17ClN2O5S/c1-11-2-3-12(10-13(11)17)18-16(20)14-4-5-15(24-14)25(21,22)19-6-8-23-9-7-19/h2-5,10H,6-9H2,1H3,(H,18,20). The first-order valence-electron chi connectivity index (χ1n) is 7.63. The number of hydrogen-bond donors (Lipinski definition) is 1. The number of amides is 1. The highest BCUT2D eigenvalue weighted by atomic mass is 35.5. The maximum atomic E-state index is 12.5.